The van der Waals surface area contributed by atoms with Crippen molar-refractivity contribution in [2.24, 2.45) is 0 Å². The van der Waals surface area contributed by atoms with Crippen molar-refractivity contribution in [2.75, 3.05) is 0 Å². The van der Waals surface area contributed by atoms with E-state index in [1.54, 1.807) is 0 Å². The molecule has 0 aromatic heterocycles. The molecule has 6 heteroatoms. The van der Waals surface area contributed by atoms with E-state index in [2.05, 4.69) is 13.6 Å². The van der Waals surface area contributed by atoms with E-state index in [1.165, 1.54) is 0 Å². The van der Waals surface area contributed by atoms with Crippen LogP contribution in [0.1, 0.15) is 19.8 Å². The monoisotopic (exact) mass is 178 g/mol. The van der Waals surface area contributed by atoms with Gasteiger partial charge in [0.05, 0.1) is 0 Å². The van der Waals surface area contributed by atoms with Gasteiger partial charge >= 0.3 is 13.8 Å². The summed E-state index contributed by atoms with van der Waals surface area (Å²) in [4.78, 5) is 11.0. The molecule has 2 bridgehead atoms. The van der Waals surface area contributed by atoms with Crippen LogP contribution < -0.4 is 0 Å². The Hall–Kier alpha value is -0.220. The van der Waals surface area contributed by atoms with E-state index in [4.69, 9.17) is 0 Å². The Labute approximate surface area is 63.2 Å². The van der Waals surface area contributed by atoms with E-state index in [1.807, 2.05) is 6.92 Å². The van der Waals surface area contributed by atoms with Gasteiger partial charge in [-0.2, -0.15) is 0 Å². The minimum Gasteiger partial charge on any atom is -0.291 e. The van der Waals surface area contributed by atoms with Gasteiger partial charge in [0.25, 0.3) is 0 Å². The molecular weight excluding hydrogens is 171 g/mol. The standard InChI is InChI=1S/C5H7O5P/c1-2-3-4(6)5-8-11(7,9-5)10-5/h2-3H2,1H3. The third-order valence-electron chi connectivity index (χ3n) is 1.51. The normalized spacial score (nSPS) is 45.9. The highest BCUT2D eigenvalue weighted by Gasteiger charge is 2.78. The van der Waals surface area contributed by atoms with Crippen molar-refractivity contribution in [3.8, 4) is 0 Å². The lowest BCUT2D eigenvalue weighted by Crippen LogP contribution is -2.62. The Morgan fingerprint density at radius 2 is 2.00 bits per heavy atom. The molecule has 11 heavy (non-hydrogen) atoms. The first-order valence-electron chi connectivity index (χ1n) is 3.36. The van der Waals surface area contributed by atoms with E-state index < -0.39 is 13.8 Å². The molecular formula is C5H7O5P. The third kappa shape index (κ3) is 0.825. The van der Waals surface area contributed by atoms with Crippen molar-refractivity contribution in [1.29, 1.82) is 0 Å². The summed E-state index contributed by atoms with van der Waals surface area (Å²) in [5.41, 5.74) is 0. The summed E-state index contributed by atoms with van der Waals surface area (Å²) in [6.07, 6.45) is 1.01. The first kappa shape index (κ1) is 7.43. The van der Waals surface area contributed by atoms with Crippen LogP contribution >= 0.6 is 7.82 Å². The van der Waals surface area contributed by atoms with Crippen molar-refractivity contribution >= 4 is 13.6 Å². The fraction of sp³-hybridized carbons (Fsp3) is 0.800. The number of hydrogen-bond donors (Lipinski definition) is 0. The molecule has 0 aromatic rings. The summed E-state index contributed by atoms with van der Waals surface area (Å²) in [5, 5.41) is 0. The Balaban J connectivity index is 1.99. The largest absolute Gasteiger partial charge is 0.489 e. The number of ketones is 1. The van der Waals surface area contributed by atoms with E-state index in [0.717, 1.165) is 0 Å². The van der Waals surface area contributed by atoms with Crippen molar-refractivity contribution in [3.63, 3.8) is 0 Å². The lowest BCUT2D eigenvalue weighted by atomic mass is 10.2. The molecule has 3 aliphatic heterocycles. The molecule has 0 amide bonds. The van der Waals surface area contributed by atoms with Crippen molar-refractivity contribution in [2.45, 2.75) is 25.7 Å². The first-order valence-corrected chi connectivity index (χ1v) is 4.82. The molecule has 0 aromatic carbocycles. The van der Waals surface area contributed by atoms with Crippen LogP contribution in [0.25, 0.3) is 0 Å². The number of carbonyl (C=O) groups is 1. The Morgan fingerprint density at radius 1 is 1.45 bits per heavy atom. The summed E-state index contributed by atoms with van der Waals surface area (Å²) < 4.78 is 24.4. The fourth-order valence-corrected chi connectivity index (χ4v) is 2.22. The fourth-order valence-electron chi connectivity index (χ4n) is 0.995. The Kier molecular flexibility index (Phi) is 1.30. The number of hydrogen-bond acceptors (Lipinski definition) is 5. The minimum absolute atomic E-state index is 0.294. The van der Waals surface area contributed by atoms with Crippen LogP contribution in [0.3, 0.4) is 0 Å². The van der Waals surface area contributed by atoms with Crippen LogP contribution in [-0.4, -0.2) is 11.8 Å². The van der Waals surface area contributed by atoms with Gasteiger partial charge in [-0.25, -0.2) is 18.1 Å². The molecule has 3 fully saturated rings. The zero-order valence-electron chi connectivity index (χ0n) is 5.90. The smallest absolute Gasteiger partial charge is 0.291 e. The second kappa shape index (κ2) is 1.93. The molecule has 0 atom stereocenters. The SMILES string of the molecule is CCCC(=O)C12OP(=O)(O1)O2. The molecule has 0 radical (unpaired) electrons. The van der Waals surface area contributed by atoms with Gasteiger partial charge in [0.15, 0.2) is 0 Å². The van der Waals surface area contributed by atoms with Crippen LogP contribution in [0, 0.1) is 0 Å². The molecule has 0 aliphatic carbocycles. The maximum absolute atomic E-state index is 11.0. The number of Topliss-reactive ketones (excluding diaryl/α,β-unsaturated/α-hetero) is 1. The molecule has 3 rings (SSSR count). The Bertz CT molecular complexity index is 233. The van der Waals surface area contributed by atoms with Crippen molar-refractivity contribution in [3.05, 3.63) is 0 Å². The van der Waals surface area contributed by atoms with Crippen LogP contribution in [0.4, 0.5) is 0 Å². The molecule has 0 N–H and O–H groups in total. The molecule has 0 unspecified atom stereocenters. The van der Waals surface area contributed by atoms with Gasteiger partial charge in [-0.3, -0.25) is 4.79 Å². The zero-order chi connectivity index (χ0) is 8.11. The summed E-state index contributed by atoms with van der Waals surface area (Å²) in [7, 11) is -3.19. The number of carbonyl (C=O) groups excluding carboxylic acids is 1. The van der Waals surface area contributed by atoms with E-state index in [9.17, 15) is 9.36 Å². The number of phosphoric acid groups is 1. The van der Waals surface area contributed by atoms with Crippen molar-refractivity contribution < 1.29 is 22.9 Å². The Morgan fingerprint density at radius 3 is 2.36 bits per heavy atom. The first-order chi connectivity index (χ1) is 5.10. The third-order valence-corrected chi connectivity index (χ3v) is 2.91. The van der Waals surface area contributed by atoms with E-state index in [0.29, 0.717) is 12.8 Å². The molecule has 0 saturated carbocycles. The van der Waals surface area contributed by atoms with Gasteiger partial charge in [0, 0.05) is 6.42 Å². The van der Waals surface area contributed by atoms with Gasteiger partial charge in [-0.15, -0.1) is 0 Å². The second-order valence-corrected chi connectivity index (χ2v) is 3.89. The van der Waals surface area contributed by atoms with Crippen LogP contribution in [0.2, 0.25) is 0 Å². The van der Waals surface area contributed by atoms with Crippen LogP contribution in [0.5, 0.6) is 0 Å². The molecule has 3 saturated heterocycles. The van der Waals surface area contributed by atoms with Crippen LogP contribution in [0.15, 0.2) is 0 Å². The maximum atomic E-state index is 11.0. The summed E-state index contributed by atoms with van der Waals surface area (Å²) in [5.74, 6) is -1.86. The van der Waals surface area contributed by atoms with Crippen molar-refractivity contribution in [1.82, 2.24) is 0 Å². The highest BCUT2D eigenvalue weighted by Crippen LogP contribution is 2.80. The molecule has 3 aliphatic rings. The lowest BCUT2D eigenvalue weighted by molar-refractivity contribution is -0.398. The van der Waals surface area contributed by atoms with Crippen LogP contribution in [-0.2, 0) is 22.9 Å². The van der Waals surface area contributed by atoms with Gasteiger partial charge in [0.1, 0.15) is 0 Å². The molecule has 62 valence electrons. The highest BCUT2D eigenvalue weighted by atomic mass is 31.2. The minimum atomic E-state index is -3.19. The summed E-state index contributed by atoms with van der Waals surface area (Å²) in [6.45, 7) is 1.85. The number of rotatable bonds is 3. The second-order valence-electron chi connectivity index (χ2n) is 2.45. The molecule has 0 spiro atoms. The zero-order valence-corrected chi connectivity index (χ0v) is 6.80. The van der Waals surface area contributed by atoms with Gasteiger partial charge < -0.3 is 0 Å². The topological polar surface area (TPSA) is 61.8 Å². The maximum Gasteiger partial charge on any atom is 0.489 e. The average molecular weight is 178 g/mol. The highest BCUT2D eigenvalue weighted by molar-refractivity contribution is 7.52. The van der Waals surface area contributed by atoms with E-state index >= 15 is 0 Å². The van der Waals surface area contributed by atoms with Gasteiger partial charge in [-0.05, 0) is 6.42 Å². The number of phosphoric ester groups is 1. The lowest BCUT2D eigenvalue weighted by Gasteiger charge is -2.53. The predicted molar refractivity (Wildman–Crippen MR) is 33.5 cm³/mol. The van der Waals surface area contributed by atoms with E-state index in [-0.39, 0.29) is 5.78 Å². The predicted octanol–water partition coefficient (Wildman–Crippen LogP) is 1.19. The molecule has 5 nitrogen and oxygen atoms in total. The quantitative estimate of drug-likeness (QED) is 0.607. The van der Waals surface area contributed by atoms with Gasteiger partial charge in [-0.1, -0.05) is 6.92 Å². The summed E-state index contributed by atoms with van der Waals surface area (Å²) >= 11 is 0. The van der Waals surface area contributed by atoms with Gasteiger partial charge in [0.2, 0.25) is 5.78 Å². The average Bonchev–Trinajstić information content (AvgIpc) is 1.79. The molecule has 3 heterocycles. The summed E-state index contributed by atoms with van der Waals surface area (Å²) in [6, 6.07) is 0.